The highest BCUT2D eigenvalue weighted by Gasteiger charge is 2.25. The molecule has 5 nitrogen and oxygen atoms in total. The van der Waals surface area contributed by atoms with Crippen molar-refractivity contribution in [2.75, 3.05) is 6.61 Å². The quantitative estimate of drug-likeness (QED) is 0.637. The second-order valence-corrected chi connectivity index (χ2v) is 7.27. The molecular weight excluding hydrogens is 340 g/mol. The maximum absolute atomic E-state index is 12.4. The number of halogens is 1. The summed E-state index contributed by atoms with van der Waals surface area (Å²) in [6.07, 6.45) is -1.56. The average molecular weight is 355 g/mol. The molecule has 0 saturated carbocycles. The van der Waals surface area contributed by atoms with E-state index in [1.807, 2.05) is 0 Å². The Balaban J connectivity index is 2.48. The third-order valence-corrected chi connectivity index (χ3v) is 4.52. The fourth-order valence-electron chi connectivity index (χ4n) is 2.08. The monoisotopic (exact) mass is 354 g/mol. The number of ether oxygens (including phenoxy) is 1. The van der Waals surface area contributed by atoms with Gasteiger partial charge in [-0.1, -0.05) is 30.3 Å². The Labute approximate surface area is 138 Å². The first-order valence-electron chi connectivity index (χ1n) is 6.83. The number of Topliss-reactive ketones (excluding diaryl/α,β-unsaturated/α-hetero) is 1. The van der Waals surface area contributed by atoms with E-state index in [0.717, 1.165) is 6.07 Å². The van der Waals surface area contributed by atoms with Gasteiger partial charge in [0.2, 0.25) is 0 Å². The van der Waals surface area contributed by atoms with Crippen LogP contribution in [0.25, 0.3) is 0 Å². The molecule has 0 aromatic heterocycles. The zero-order valence-electron chi connectivity index (χ0n) is 12.3. The van der Waals surface area contributed by atoms with Gasteiger partial charge in [0, 0.05) is 21.8 Å². The van der Waals surface area contributed by atoms with E-state index in [1.165, 1.54) is 12.1 Å². The summed E-state index contributed by atoms with van der Waals surface area (Å²) in [6.45, 7) is 2.04. The molecule has 0 aliphatic carbocycles. The molecule has 2 aromatic carbocycles. The summed E-state index contributed by atoms with van der Waals surface area (Å²) in [5, 5.41) is 10.4. The molecule has 1 unspecified atom stereocenters. The van der Waals surface area contributed by atoms with Crippen LogP contribution in [0.3, 0.4) is 0 Å². The Morgan fingerprint density at radius 2 is 1.87 bits per heavy atom. The van der Waals surface area contributed by atoms with E-state index in [0.29, 0.717) is 12.2 Å². The number of carbonyl (C=O) groups is 1. The van der Waals surface area contributed by atoms with Crippen molar-refractivity contribution in [3.63, 3.8) is 0 Å². The molecule has 0 saturated heterocycles. The van der Waals surface area contributed by atoms with Crippen molar-refractivity contribution < 1.29 is 23.1 Å². The maximum Gasteiger partial charge on any atom is 0.261 e. The lowest BCUT2D eigenvalue weighted by Gasteiger charge is -2.16. The van der Waals surface area contributed by atoms with Crippen molar-refractivity contribution in [2.24, 2.45) is 0 Å². The Kier molecular flexibility index (Phi) is 5.41. The van der Waals surface area contributed by atoms with Gasteiger partial charge in [0.25, 0.3) is 9.05 Å². The zero-order valence-corrected chi connectivity index (χ0v) is 13.8. The summed E-state index contributed by atoms with van der Waals surface area (Å²) < 4.78 is 28.3. The minimum Gasteiger partial charge on any atom is -0.493 e. The van der Waals surface area contributed by atoms with Crippen LogP contribution in [0.15, 0.2) is 53.4 Å². The number of aliphatic hydroxyl groups is 1. The topological polar surface area (TPSA) is 80.7 Å². The molecule has 0 aliphatic rings. The molecule has 2 aromatic rings. The first kappa shape index (κ1) is 17.5. The number of ketones is 1. The number of benzene rings is 2. The van der Waals surface area contributed by atoms with Gasteiger partial charge in [0.05, 0.1) is 11.5 Å². The molecule has 0 aliphatic heterocycles. The van der Waals surface area contributed by atoms with Crippen LogP contribution in [-0.2, 0) is 9.05 Å². The van der Waals surface area contributed by atoms with E-state index in [2.05, 4.69) is 0 Å². The third-order valence-electron chi connectivity index (χ3n) is 3.16. The van der Waals surface area contributed by atoms with Crippen LogP contribution >= 0.6 is 10.7 Å². The van der Waals surface area contributed by atoms with Crippen LogP contribution in [0, 0.1) is 0 Å². The maximum atomic E-state index is 12.4. The Morgan fingerprint density at radius 1 is 1.22 bits per heavy atom. The molecule has 0 heterocycles. The molecule has 1 N–H and O–H groups in total. The highest BCUT2D eigenvalue weighted by atomic mass is 35.7. The average Bonchev–Trinajstić information content (AvgIpc) is 2.54. The van der Waals surface area contributed by atoms with Crippen LogP contribution in [0.5, 0.6) is 5.75 Å². The molecule has 0 fully saturated rings. The third kappa shape index (κ3) is 4.10. The Hall–Kier alpha value is -1.89. The summed E-state index contributed by atoms with van der Waals surface area (Å²) in [5.74, 6) is -0.330. The van der Waals surface area contributed by atoms with Gasteiger partial charge >= 0.3 is 0 Å². The second kappa shape index (κ2) is 7.12. The van der Waals surface area contributed by atoms with Gasteiger partial charge in [-0.05, 0) is 25.1 Å². The highest BCUT2D eigenvalue weighted by Crippen LogP contribution is 2.31. The zero-order chi connectivity index (χ0) is 17.0. The van der Waals surface area contributed by atoms with Gasteiger partial charge in [-0.3, -0.25) is 4.79 Å². The number of hydrogen-bond acceptors (Lipinski definition) is 5. The van der Waals surface area contributed by atoms with E-state index in [9.17, 15) is 18.3 Å². The normalized spacial score (nSPS) is 12.7. The van der Waals surface area contributed by atoms with Crippen LogP contribution in [0.2, 0.25) is 0 Å². The minimum absolute atomic E-state index is 0.0578. The molecule has 0 amide bonds. The second-order valence-electron chi connectivity index (χ2n) is 4.70. The van der Waals surface area contributed by atoms with Gasteiger partial charge in [0.1, 0.15) is 11.9 Å². The predicted molar refractivity (Wildman–Crippen MR) is 86.4 cm³/mol. The van der Waals surface area contributed by atoms with Crippen molar-refractivity contribution in [1.29, 1.82) is 0 Å². The molecule has 7 heteroatoms. The molecule has 23 heavy (non-hydrogen) atoms. The van der Waals surface area contributed by atoms with E-state index < -0.39 is 20.9 Å². The Morgan fingerprint density at radius 3 is 2.43 bits per heavy atom. The van der Waals surface area contributed by atoms with Crippen molar-refractivity contribution in [1.82, 2.24) is 0 Å². The summed E-state index contributed by atoms with van der Waals surface area (Å²) >= 11 is 0. The van der Waals surface area contributed by atoms with E-state index in [1.54, 1.807) is 37.3 Å². The summed E-state index contributed by atoms with van der Waals surface area (Å²) in [5.41, 5.74) is 0.365. The molecule has 0 radical (unpaired) electrons. The standard InChI is InChI=1S/C16H15ClO5S/c1-2-22-14-9-8-12(23(17,20)21)10-13(14)16(19)15(18)11-6-4-3-5-7-11/h3-10,16,19H,2H2,1H3. The lowest BCUT2D eigenvalue weighted by molar-refractivity contribution is 0.0740. The van der Waals surface area contributed by atoms with E-state index in [-0.39, 0.29) is 16.2 Å². The molecule has 0 spiro atoms. The highest BCUT2D eigenvalue weighted by molar-refractivity contribution is 8.13. The first-order chi connectivity index (χ1) is 10.8. The van der Waals surface area contributed by atoms with Crippen molar-refractivity contribution >= 4 is 25.5 Å². The first-order valence-corrected chi connectivity index (χ1v) is 9.14. The van der Waals surface area contributed by atoms with Crippen LogP contribution in [0.4, 0.5) is 0 Å². The summed E-state index contributed by atoms with van der Waals surface area (Å²) in [7, 11) is 1.34. The van der Waals surface area contributed by atoms with Crippen LogP contribution in [0.1, 0.15) is 28.9 Å². The van der Waals surface area contributed by atoms with Gasteiger partial charge < -0.3 is 9.84 Å². The number of carbonyl (C=O) groups excluding carboxylic acids is 1. The van der Waals surface area contributed by atoms with E-state index in [4.69, 9.17) is 15.4 Å². The van der Waals surface area contributed by atoms with Crippen LogP contribution in [-0.4, -0.2) is 25.9 Å². The summed E-state index contributed by atoms with van der Waals surface area (Å²) in [4.78, 5) is 12.2. The number of rotatable bonds is 6. The lowest BCUT2D eigenvalue weighted by Crippen LogP contribution is -2.14. The van der Waals surface area contributed by atoms with Crippen LogP contribution < -0.4 is 4.74 Å². The smallest absolute Gasteiger partial charge is 0.261 e. The molecular formula is C16H15ClO5S. The van der Waals surface area contributed by atoms with Gasteiger partial charge in [-0.2, -0.15) is 0 Å². The predicted octanol–water partition coefficient (Wildman–Crippen LogP) is 2.93. The van der Waals surface area contributed by atoms with E-state index >= 15 is 0 Å². The number of aliphatic hydroxyl groups excluding tert-OH is 1. The van der Waals surface area contributed by atoms with Crippen molar-refractivity contribution in [3.05, 3.63) is 59.7 Å². The van der Waals surface area contributed by atoms with Gasteiger partial charge in [0.15, 0.2) is 5.78 Å². The van der Waals surface area contributed by atoms with Crippen molar-refractivity contribution in [3.8, 4) is 5.75 Å². The number of hydrogen-bond donors (Lipinski definition) is 1. The fourth-order valence-corrected chi connectivity index (χ4v) is 2.87. The minimum atomic E-state index is -3.99. The largest absolute Gasteiger partial charge is 0.493 e. The lowest BCUT2D eigenvalue weighted by atomic mass is 9.99. The van der Waals surface area contributed by atoms with Gasteiger partial charge in [-0.15, -0.1) is 0 Å². The van der Waals surface area contributed by atoms with Crippen molar-refractivity contribution in [2.45, 2.75) is 17.9 Å². The molecule has 122 valence electrons. The van der Waals surface area contributed by atoms with Gasteiger partial charge in [-0.25, -0.2) is 8.42 Å². The summed E-state index contributed by atoms with van der Waals surface area (Å²) in [6, 6.07) is 12.0. The molecule has 0 bridgehead atoms. The molecule has 2 rings (SSSR count). The fraction of sp³-hybridized carbons (Fsp3) is 0.188. The Bertz CT molecular complexity index is 802. The molecule has 1 atom stereocenters. The SMILES string of the molecule is CCOc1ccc(S(=O)(=O)Cl)cc1C(O)C(=O)c1ccccc1.